The molecule has 1 aliphatic rings. The van der Waals surface area contributed by atoms with Gasteiger partial charge in [0.25, 0.3) is 5.91 Å². The summed E-state index contributed by atoms with van der Waals surface area (Å²) in [6, 6.07) is 4.00. The molecule has 9 nitrogen and oxygen atoms in total. The first-order valence-electron chi connectivity index (χ1n) is 9.20. The molecule has 3 aromatic rings. The van der Waals surface area contributed by atoms with E-state index in [1.807, 2.05) is 18.3 Å². The van der Waals surface area contributed by atoms with Gasteiger partial charge in [-0.25, -0.2) is 14.5 Å². The molecule has 4 rings (SSSR count). The maximum Gasteiger partial charge on any atom is 0.252 e. The molecular weight excluding hydrogens is 436 g/mol. The highest BCUT2D eigenvalue weighted by atomic mass is 79.9. The zero-order chi connectivity index (χ0) is 20.5. The third-order valence-electron chi connectivity index (χ3n) is 5.21. The van der Waals surface area contributed by atoms with Crippen molar-refractivity contribution in [2.24, 2.45) is 11.7 Å². The number of nitrogens with zero attached hydrogens (tertiary/aromatic N) is 6. The van der Waals surface area contributed by atoms with Gasteiger partial charge in [-0.05, 0) is 34.3 Å². The molecule has 3 aromatic heterocycles. The summed E-state index contributed by atoms with van der Waals surface area (Å²) < 4.78 is 2.57. The summed E-state index contributed by atoms with van der Waals surface area (Å²) >= 11 is 3.46. The van der Waals surface area contributed by atoms with E-state index in [4.69, 9.17) is 11.0 Å². The molecule has 1 saturated heterocycles. The van der Waals surface area contributed by atoms with E-state index in [1.54, 1.807) is 4.52 Å². The van der Waals surface area contributed by atoms with Gasteiger partial charge in [0.1, 0.15) is 6.07 Å². The van der Waals surface area contributed by atoms with E-state index in [-0.39, 0.29) is 6.04 Å². The number of hydrogen-bond acceptors (Lipinski definition) is 7. The molecule has 1 amide bonds. The van der Waals surface area contributed by atoms with Crippen LogP contribution in [0, 0.1) is 17.2 Å². The Morgan fingerprint density at radius 3 is 2.79 bits per heavy atom. The molecule has 3 N–H and O–H groups in total. The standard InChI is InChI=1S/C19H19BrN8O/c1-2-12-8-27(19-23-5-11(4-21)6-24-19)10-15(12)26-17-14(18(22)29)7-25-28-9-13(20)3-16(17)28/h3,5-7,9,12,15,26H,2,8,10H2,1H3,(H2,22,29)/t12-,15-/m1/s1. The molecule has 0 unspecified atom stereocenters. The molecule has 4 heterocycles. The number of fused-ring (bicyclic) bond motifs is 1. The Balaban J connectivity index is 1.65. The predicted molar refractivity (Wildman–Crippen MR) is 112 cm³/mol. The zero-order valence-electron chi connectivity index (χ0n) is 15.7. The van der Waals surface area contributed by atoms with Gasteiger partial charge in [-0.2, -0.15) is 10.4 Å². The molecular formula is C19H19BrN8O. The van der Waals surface area contributed by atoms with E-state index < -0.39 is 5.91 Å². The summed E-state index contributed by atoms with van der Waals surface area (Å²) in [5, 5.41) is 16.7. The Bertz CT molecular complexity index is 1100. The normalized spacial score (nSPS) is 18.7. The fraction of sp³-hybridized carbons (Fsp3) is 0.316. The Morgan fingerprint density at radius 1 is 1.38 bits per heavy atom. The Labute approximate surface area is 175 Å². The average Bonchev–Trinajstić information content (AvgIpc) is 3.30. The number of carbonyl (C=O) groups excluding carboxylic acids is 1. The number of primary amides is 1. The highest BCUT2D eigenvalue weighted by Crippen LogP contribution is 2.31. The van der Waals surface area contributed by atoms with Gasteiger partial charge in [0, 0.05) is 29.8 Å². The molecule has 1 aliphatic heterocycles. The number of nitrogens with one attached hydrogen (secondary N) is 1. The molecule has 1 fully saturated rings. The maximum absolute atomic E-state index is 12.0. The second-order valence-corrected chi connectivity index (χ2v) is 7.91. The van der Waals surface area contributed by atoms with Gasteiger partial charge < -0.3 is 16.0 Å². The smallest absolute Gasteiger partial charge is 0.252 e. The van der Waals surface area contributed by atoms with E-state index in [0.29, 0.717) is 35.2 Å². The summed E-state index contributed by atoms with van der Waals surface area (Å²) in [5.41, 5.74) is 7.83. The van der Waals surface area contributed by atoms with Crippen LogP contribution in [-0.4, -0.2) is 44.6 Å². The first kappa shape index (κ1) is 19.1. The maximum atomic E-state index is 12.0. The van der Waals surface area contributed by atoms with Crippen molar-refractivity contribution >= 4 is 39.0 Å². The number of carbonyl (C=O) groups is 1. The number of aromatic nitrogens is 4. The van der Waals surface area contributed by atoms with Crippen LogP contribution in [0.5, 0.6) is 0 Å². The topological polar surface area (TPSA) is 125 Å². The largest absolute Gasteiger partial charge is 0.378 e. The lowest BCUT2D eigenvalue weighted by Crippen LogP contribution is -2.31. The number of amides is 1. The van der Waals surface area contributed by atoms with E-state index in [2.05, 4.69) is 48.1 Å². The first-order chi connectivity index (χ1) is 14.0. The Morgan fingerprint density at radius 2 is 2.14 bits per heavy atom. The minimum absolute atomic E-state index is 0.0669. The minimum atomic E-state index is -0.529. The summed E-state index contributed by atoms with van der Waals surface area (Å²) in [5.74, 6) is 0.381. The number of nitrogens with two attached hydrogens (primary N) is 1. The van der Waals surface area contributed by atoms with Crippen molar-refractivity contribution in [1.29, 1.82) is 5.26 Å². The van der Waals surface area contributed by atoms with Crippen molar-refractivity contribution in [2.45, 2.75) is 19.4 Å². The number of hydrogen-bond donors (Lipinski definition) is 2. The second-order valence-electron chi connectivity index (χ2n) is 6.99. The van der Waals surface area contributed by atoms with Gasteiger partial charge in [-0.1, -0.05) is 6.92 Å². The fourth-order valence-corrected chi connectivity index (χ4v) is 4.11. The third kappa shape index (κ3) is 3.61. The van der Waals surface area contributed by atoms with Crippen LogP contribution >= 0.6 is 15.9 Å². The minimum Gasteiger partial charge on any atom is -0.378 e. The molecule has 0 spiro atoms. The highest BCUT2D eigenvalue weighted by Gasteiger charge is 2.34. The lowest BCUT2D eigenvalue weighted by molar-refractivity contribution is 0.100. The second kappa shape index (κ2) is 7.67. The summed E-state index contributed by atoms with van der Waals surface area (Å²) in [6.07, 6.45) is 7.32. The van der Waals surface area contributed by atoms with Gasteiger partial charge in [0.2, 0.25) is 5.95 Å². The van der Waals surface area contributed by atoms with Gasteiger partial charge in [0.05, 0.1) is 40.9 Å². The van der Waals surface area contributed by atoms with E-state index in [9.17, 15) is 4.79 Å². The number of anilines is 2. The molecule has 148 valence electrons. The van der Waals surface area contributed by atoms with E-state index in [1.165, 1.54) is 18.6 Å². The van der Waals surface area contributed by atoms with Gasteiger partial charge in [0.15, 0.2) is 0 Å². The predicted octanol–water partition coefficient (Wildman–Crippen LogP) is 2.18. The molecule has 10 heteroatoms. The number of rotatable bonds is 5. The Kier molecular flexibility index (Phi) is 5.07. The molecule has 0 radical (unpaired) electrons. The first-order valence-corrected chi connectivity index (χ1v) is 9.99. The van der Waals surface area contributed by atoms with Crippen LogP contribution in [0.3, 0.4) is 0 Å². The van der Waals surface area contributed by atoms with Crippen molar-refractivity contribution in [3.63, 3.8) is 0 Å². The fourth-order valence-electron chi connectivity index (χ4n) is 3.70. The van der Waals surface area contributed by atoms with Crippen LogP contribution in [0.2, 0.25) is 0 Å². The molecule has 29 heavy (non-hydrogen) atoms. The lowest BCUT2D eigenvalue weighted by atomic mass is 10.00. The molecule has 0 aromatic carbocycles. The molecule has 0 aliphatic carbocycles. The SMILES string of the molecule is CC[C@@H]1CN(c2ncc(C#N)cn2)C[C@H]1Nc1c(C(N)=O)cnn2cc(Br)cc12. The number of nitriles is 1. The van der Waals surface area contributed by atoms with Crippen LogP contribution in [0.15, 0.2) is 35.3 Å². The van der Waals surface area contributed by atoms with Crippen molar-refractivity contribution in [3.05, 3.63) is 46.5 Å². The summed E-state index contributed by atoms with van der Waals surface area (Å²) in [7, 11) is 0. The average molecular weight is 455 g/mol. The van der Waals surface area contributed by atoms with Crippen molar-refractivity contribution in [1.82, 2.24) is 19.6 Å². The van der Waals surface area contributed by atoms with E-state index >= 15 is 0 Å². The van der Waals surface area contributed by atoms with Crippen LogP contribution < -0.4 is 16.0 Å². The van der Waals surface area contributed by atoms with Gasteiger partial charge in [-0.3, -0.25) is 4.79 Å². The van der Waals surface area contributed by atoms with Crippen molar-refractivity contribution < 1.29 is 4.79 Å². The summed E-state index contributed by atoms with van der Waals surface area (Å²) in [6.45, 7) is 3.57. The van der Waals surface area contributed by atoms with Crippen LogP contribution in [-0.2, 0) is 0 Å². The zero-order valence-corrected chi connectivity index (χ0v) is 17.3. The quantitative estimate of drug-likeness (QED) is 0.604. The lowest BCUT2D eigenvalue weighted by Gasteiger charge is -2.21. The van der Waals surface area contributed by atoms with Crippen LogP contribution in [0.4, 0.5) is 11.6 Å². The van der Waals surface area contributed by atoms with Crippen LogP contribution in [0.25, 0.3) is 5.52 Å². The van der Waals surface area contributed by atoms with Gasteiger partial charge >= 0.3 is 0 Å². The molecule has 0 bridgehead atoms. The monoisotopic (exact) mass is 454 g/mol. The molecule has 0 saturated carbocycles. The molecule has 2 atom stereocenters. The van der Waals surface area contributed by atoms with Gasteiger partial charge in [-0.15, -0.1) is 0 Å². The summed E-state index contributed by atoms with van der Waals surface area (Å²) in [4.78, 5) is 22.7. The van der Waals surface area contributed by atoms with Crippen molar-refractivity contribution in [3.8, 4) is 6.07 Å². The number of halogens is 1. The van der Waals surface area contributed by atoms with E-state index in [0.717, 1.165) is 23.0 Å². The Hall–Kier alpha value is -3.19. The van der Waals surface area contributed by atoms with Crippen LogP contribution in [0.1, 0.15) is 29.3 Å². The highest BCUT2D eigenvalue weighted by molar-refractivity contribution is 9.10. The third-order valence-corrected chi connectivity index (χ3v) is 5.65. The van der Waals surface area contributed by atoms with Crippen molar-refractivity contribution in [2.75, 3.05) is 23.3 Å².